The Morgan fingerprint density at radius 1 is 1.29 bits per heavy atom. The van der Waals surface area contributed by atoms with Crippen LogP contribution in [0.25, 0.3) is 0 Å². The molecule has 6 heteroatoms. The Morgan fingerprint density at radius 2 is 2.05 bits per heavy atom. The van der Waals surface area contributed by atoms with Gasteiger partial charge in [-0.25, -0.2) is 4.79 Å². The maximum absolute atomic E-state index is 11.7. The number of carbonyl (C=O) groups excluding carboxylic acids is 1. The molecule has 0 bridgehead atoms. The maximum atomic E-state index is 11.7. The second kappa shape index (κ2) is 7.97. The van der Waals surface area contributed by atoms with Gasteiger partial charge in [0, 0.05) is 6.04 Å². The highest BCUT2D eigenvalue weighted by Gasteiger charge is 2.34. The van der Waals surface area contributed by atoms with Gasteiger partial charge < -0.3 is 25.0 Å². The first-order valence-electron chi connectivity index (χ1n) is 7.06. The number of carbonyl (C=O) groups is 1. The van der Waals surface area contributed by atoms with Gasteiger partial charge in [-0.1, -0.05) is 30.3 Å². The number of amides is 1. The largest absolute Gasteiger partial charge is 0.445 e. The second-order valence-corrected chi connectivity index (χ2v) is 5.07. The summed E-state index contributed by atoms with van der Waals surface area (Å²) in [6.45, 7) is 0.319. The van der Waals surface area contributed by atoms with Crippen LogP contribution in [-0.2, 0) is 16.1 Å². The smallest absolute Gasteiger partial charge is 0.407 e. The minimum absolute atomic E-state index is 0.0829. The number of aliphatic hydroxyl groups excluding tert-OH is 2. The molecule has 1 fully saturated rings. The highest BCUT2D eigenvalue weighted by Crippen LogP contribution is 2.22. The van der Waals surface area contributed by atoms with E-state index in [1.165, 1.54) is 0 Å². The van der Waals surface area contributed by atoms with E-state index in [1.807, 2.05) is 30.3 Å². The molecule has 1 aromatic rings. The van der Waals surface area contributed by atoms with E-state index in [1.54, 1.807) is 0 Å². The Morgan fingerprint density at radius 3 is 2.76 bits per heavy atom. The third-order valence-corrected chi connectivity index (χ3v) is 3.43. The molecule has 0 heterocycles. The van der Waals surface area contributed by atoms with Gasteiger partial charge in [-0.2, -0.15) is 0 Å². The molecule has 6 nitrogen and oxygen atoms in total. The van der Waals surface area contributed by atoms with Crippen LogP contribution in [0.1, 0.15) is 18.4 Å². The average Bonchev–Trinajstić information content (AvgIpc) is 2.84. The van der Waals surface area contributed by atoms with Crippen LogP contribution in [-0.4, -0.2) is 47.8 Å². The van der Waals surface area contributed by atoms with E-state index in [9.17, 15) is 9.90 Å². The van der Waals surface area contributed by atoms with Crippen molar-refractivity contribution >= 4 is 6.09 Å². The lowest BCUT2D eigenvalue weighted by molar-refractivity contribution is -0.0302. The molecule has 3 atom stereocenters. The number of nitrogens with one attached hydrogen (secondary N) is 1. The molecule has 3 N–H and O–H groups in total. The minimum atomic E-state index is -0.629. The lowest BCUT2D eigenvalue weighted by atomic mass is 10.2. The number of alkyl carbamates (subject to hydrolysis) is 1. The number of aliphatic hydroxyl groups is 2. The molecule has 21 heavy (non-hydrogen) atoms. The Hall–Kier alpha value is -1.63. The zero-order valence-corrected chi connectivity index (χ0v) is 11.8. The van der Waals surface area contributed by atoms with Crippen LogP contribution in [0.2, 0.25) is 0 Å². The molecule has 1 aliphatic rings. The quantitative estimate of drug-likeness (QED) is 0.723. The number of benzene rings is 1. The summed E-state index contributed by atoms with van der Waals surface area (Å²) in [5.41, 5.74) is 0.920. The fourth-order valence-corrected chi connectivity index (χ4v) is 2.41. The highest BCUT2D eigenvalue weighted by molar-refractivity contribution is 5.67. The van der Waals surface area contributed by atoms with Crippen molar-refractivity contribution in [3.8, 4) is 0 Å². The van der Waals surface area contributed by atoms with E-state index in [0.717, 1.165) is 5.56 Å². The lowest BCUT2D eigenvalue weighted by Crippen LogP contribution is -2.34. The van der Waals surface area contributed by atoms with Crippen molar-refractivity contribution in [3.05, 3.63) is 35.9 Å². The first-order chi connectivity index (χ1) is 10.2. The summed E-state index contributed by atoms with van der Waals surface area (Å²) in [6, 6.07) is 9.25. The van der Waals surface area contributed by atoms with Crippen molar-refractivity contribution in [2.45, 2.75) is 37.7 Å². The molecule has 0 unspecified atom stereocenters. The molecule has 2 rings (SSSR count). The van der Waals surface area contributed by atoms with Crippen molar-refractivity contribution in [2.24, 2.45) is 0 Å². The summed E-state index contributed by atoms with van der Waals surface area (Å²) in [7, 11) is 0. The first-order valence-corrected chi connectivity index (χ1v) is 7.06. The molecule has 0 saturated heterocycles. The Kier molecular flexibility index (Phi) is 5.98. The van der Waals surface area contributed by atoms with E-state index < -0.39 is 12.2 Å². The number of ether oxygens (including phenoxy) is 2. The summed E-state index contributed by atoms with van der Waals surface area (Å²) < 4.78 is 10.4. The van der Waals surface area contributed by atoms with Crippen molar-refractivity contribution in [1.82, 2.24) is 5.32 Å². The number of hydrogen-bond donors (Lipinski definition) is 3. The van der Waals surface area contributed by atoms with Crippen LogP contribution in [0.5, 0.6) is 0 Å². The van der Waals surface area contributed by atoms with E-state index in [4.69, 9.17) is 14.6 Å². The monoisotopic (exact) mass is 295 g/mol. The highest BCUT2D eigenvalue weighted by atomic mass is 16.5. The lowest BCUT2D eigenvalue weighted by Gasteiger charge is -2.14. The van der Waals surface area contributed by atoms with Gasteiger partial charge in [-0.05, 0) is 18.4 Å². The first kappa shape index (κ1) is 15.8. The molecular weight excluding hydrogens is 274 g/mol. The predicted molar refractivity (Wildman–Crippen MR) is 75.6 cm³/mol. The van der Waals surface area contributed by atoms with Gasteiger partial charge in [0.05, 0.1) is 25.4 Å². The molecule has 1 amide bonds. The van der Waals surface area contributed by atoms with Crippen molar-refractivity contribution < 1.29 is 24.5 Å². The molecule has 0 radical (unpaired) electrons. The fraction of sp³-hybridized carbons (Fsp3) is 0.533. The molecule has 0 aliphatic heterocycles. The van der Waals surface area contributed by atoms with Crippen LogP contribution in [0.3, 0.4) is 0 Å². The van der Waals surface area contributed by atoms with Crippen molar-refractivity contribution in [2.75, 3.05) is 13.2 Å². The second-order valence-electron chi connectivity index (χ2n) is 5.07. The zero-order chi connectivity index (χ0) is 15.1. The zero-order valence-electron chi connectivity index (χ0n) is 11.8. The van der Waals surface area contributed by atoms with Gasteiger partial charge in [0.2, 0.25) is 0 Å². The van der Waals surface area contributed by atoms with Gasteiger partial charge in [0.25, 0.3) is 0 Å². The molecular formula is C15H21NO5. The van der Waals surface area contributed by atoms with Crippen LogP contribution in [0.15, 0.2) is 30.3 Å². The molecule has 1 saturated carbocycles. The number of hydrogen-bond acceptors (Lipinski definition) is 5. The summed E-state index contributed by atoms with van der Waals surface area (Å²) in [5, 5.41) is 21.2. The maximum Gasteiger partial charge on any atom is 0.407 e. The minimum Gasteiger partial charge on any atom is -0.445 e. The van der Waals surface area contributed by atoms with E-state index in [0.29, 0.717) is 12.8 Å². The summed E-state index contributed by atoms with van der Waals surface area (Å²) >= 11 is 0. The summed E-state index contributed by atoms with van der Waals surface area (Å²) in [4.78, 5) is 11.7. The van der Waals surface area contributed by atoms with Gasteiger partial charge in [-0.15, -0.1) is 0 Å². The van der Waals surface area contributed by atoms with Crippen molar-refractivity contribution in [1.29, 1.82) is 0 Å². The van der Waals surface area contributed by atoms with Gasteiger partial charge >= 0.3 is 6.09 Å². The molecule has 116 valence electrons. The van der Waals surface area contributed by atoms with Crippen LogP contribution >= 0.6 is 0 Å². The van der Waals surface area contributed by atoms with E-state index >= 15 is 0 Å². The Balaban J connectivity index is 1.71. The topological polar surface area (TPSA) is 88.0 Å². The van der Waals surface area contributed by atoms with E-state index in [2.05, 4.69) is 5.32 Å². The third kappa shape index (κ3) is 5.00. The number of rotatable bonds is 6. The van der Waals surface area contributed by atoms with Crippen LogP contribution < -0.4 is 5.32 Å². The molecule has 0 spiro atoms. The van der Waals surface area contributed by atoms with Gasteiger partial charge in [0.15, 0.2) is 0 Å². The Labute approximate surface area is 123 Å². The standard InChI is InChI=1S/C15H21NO5/c17-6-7-20-14-9-12(8-13(14)18)16-15(19)21-10-11-4-2-1-3-5-11/h1-5,12-14,17-18H,6-10H2,(H,16,19)/t12-,13-,14-/m0/s1. The fourth-order valence-electron chi connectivity index (χ4n) is 2.41. The van der Waals surface area contributed by atoms with Crippen molar-refractivity contribution in [3.63, 3.8) is 0 Å². The molecule has 1 aliphatic carbocycles. The van der Waals surface area contributed by atoms with E-state index in [-0.39, 0.29) is 32.0 Å². The van der Waals surface area contributed by atoms with Crippen LogP contribution in [0.4, 0.5) is 4.79 Å². The van der Waals surface area contributed by atoms with Crippen LogP contribution in [0, 0.1) is 0 Å². The summed E-state index contributed by atoms with van der Waals surface area (Å²) in [5.74, 6) is 0. The molecule has 1 aromatic carbocycles. The molecule has 0 aromatic heterocycles. The Bertz CT molecular complexity index is 439. The predicted octanol–water partition coefficient (Wildman–Crippen LogP) is 0.814. The SMILES string of the molecule is O=C(N[C@@H]1C[C@H](OCCO)[C@@H](O)C1)OCc1ccccc1. The average molecular weight is 295 g/mol. The third-order valence-electron chi connectivity index (χ3n) is 3.43. The summed E-state index contributed by atoms with van der Waals surface area (Å²) in [6.07, 6.45) is -0.538. The van der Waals surface area contributed by atoms with Gasteiger partial charge in [0.1, 0.15) is 6.61 Å². The normalized spacial score (nSPS) is 24.8. The van der Waals surface area contributed by atoms with Gasteiger partial charge in [-0.3, -0.25) is 0 Å².